The summed E-state index contributed by atoms with van der Waals surface area (Å²) in [5, 5.41) is 16.9. The number of aliphatic hydroxyl groups excluding tert-OH is 1. The van der Waals surface area contributed by atoms with Crippen LogP contribution >= 0.6 is 11.6 Å². The SMILES string of the molecule is Cc1cc(CC(O)C(C)(c2cccnc2)S(N)(=O)=O)[nH]c1C(=O)c1ccc(Cl)cc1. The number of carbonyl (C=O) groups is 1. The van der Waals surface area contributed by atoms with Gasteiger partial charge in [0.05, 0.1) is 11.8 Å². The second-order valence-electron chi connectivity index (χ2n) is 7.30. The lowest BCUT2D eigenvalue weighted by Crippen LogP contribution is -2.48. The lowest BCUT2D eigenvalue weighted by atomic mass is 9.92. The number of ketones is 1. The minimum atomic E-state index is -4.19. The van der Waals surface area contributed by atoms with Gasteiger partial charge in [0.15, 0.2) is 0 Å². The topological polar surface area (TPSA) is 126 Å². The normalized spacial score (nSPS) is 14.8. The van der Waals surface area contributed by atoms with E-state index < -0.39 is 20.9 Å². The number of H-pyrrole nitrogens is 1. The van der Waals surface area contributed by atoms with Crippen molar-refractivity contribution in [2.75, 3.05) is 0 Å². The van der Waals surface area contributed by atoms with Crippen molar-refractivity contribution in [3.8, 4) is 0 Å². The summed E-state index contributed by atoms with van der Waals surface area (Å²) in [6, 6.07) is 11.3. The zero-order valence-corrected chi connectivity index (χ0v) is 18.0. The summed E-state index contributed by atoms with van der Waals surface area (Å²) >= 11 is 5.87. The van der Waals surface area contributed by atoms with Gasteiger partial charge in [-0.3, -0.25) is 9.78 Å². The van der Waals surface area contributed by atoms with Gasteiger partial charge in [0.2, 0.25) is 15.8 Å². The number of nitrogens with two attached hydrogens (primary N) is 1. The number of sulfonamides is 1. The third-order valence-corrected chi connectivity index (χ3v) is 7.22. The first-order chi connectivity index (χ1) is 14.0. The van der Waals surface area contributed by atoms with Gasteiger partial charge in [0.1, 0.15) is 4.75 Å². The number of nitrogens with zero attached hydrogens (tertiary/aromatic N) is 1. The number of halogens is 1. The third-order valence-electron chi connectivity index (χ3n) is 5.28. The fourth-order valence-electron chi connectivity index (χ4n) is 3.33. The maximum atomic E-state index is 12.8. The highest BCUT2D eigenvalue weighted by molar-refractivity contribution is 7.90. The number of aromatic amines is 1. The van der Waals surface area contributed by atoms with Gasteiger partial charge in [0, 0.05) is 35.1 Å². The zero-order valence-electron chi connectivity index (χ0n) is 16.5. The van der Waals surface area contributed by atoms with Crippen LogP contribution in [-0.2, 0) is 21.2 Å². The predicted molar refractivity (Wildman–Crippen MR) is 115 cm³/mol. The molecule has 0 spiro atoms. The van der Waals surface area contributed by atoms with Crippen molar-refractivity contribution in [2.24, 2.45) is 5.14 Å². The second kappa shape index (κ2) is 8.31. The number of aromatic nitrogens is 2. The largest absolute Gasteiger partial charge is 0.391 e. The molecule has 2 atom stereocenters. The summed E-state index contributed by atoms with van der Waals surface area (Å²) in [5.74, 6) is -0.230. The molecule has 158 valence electrons. The summed E-state index contributed by atoms with van der Waals surface area (Å²) in [7, 11) is -4.19. The number of benzene rings is 1. The maximum Gasteiger partial charge on any atom is 0.221 e. The van der Waals surface area contributed by atoms with Crippen LogP contribution in [0.3, 0.4) is 0 Å². The number of primary sulfonamides is 1. The Balaban J connectivity index is 1.91. The molecule has 9 heteroatoms. The Morgan fingerprint density at radius 2 is 1.97 bits per heavy atom. The molecule has 3 rings (SSSR count). The molecule has 1 aromatic carbocycles. The van der Waals surface area contributed by atoms with E-state index in [2.05, 4.69) is 9.97 Å². The van der Waals surface area contributed by atoms with Crippen LogP contribution in [0.25, 0.3) is 0 Å². The molecule has 0 saturated heterocycles. The Labute approximate surface area is 180 Å². The molecule has 0 amide bonds. The van der Waals surface area contributed by atoms with Crippen molar-refractivity contribution in [1.29, 1.82) is 0 Å². The average Bonchev–Trinajstić information content (AvgIpc) is 3.07. The molecule has 0 saturated carbocycles. The van der Waals surface area contributed by atoms with E-state index in [1.165, 1.54) is 19.3 Å². The van der Waals surface area contributed by atoms with E-state index in [0.717, 1.165) is 0 Å². The number of carbonyl (C=O) groups excluding carboxylic acids is 1. The lowest BCUT2D eigenvalue weighted by molar-refractivity contribution is 0.103. The molecule has 7 nitrogen and oxygen atoms in total. The van der Waals surface area contributed by atoms with Gasteiger partial charge in [0.25, 0.3) is 0 Å². The molecule has 3 aromatic rings. The van der Waals surface area contributed by atoms with Crippen LogP contribution in [0.2, 0.25) is 5.02 Å². The van der Waals surface area contributed by atoms with E-state index in [1.807, 2.05) is 0 Å². The number of rotatable bonds is 7. The first kappa shape index (κ1) is 22.2. The predicted octanol–water partition coefficient (Wildman–Crippen LogP) is 2.71. The van der Waals surface area contributed by atoms with E-state index >= 15 is 0 Å². The van der Waals surface area contributed by atoms with Gasteiger partial charge in [-0.1, -0.05) is 17.7 Å². The van der Waals surface area contributed by atoms with Crippen molar-refractivity contribution < 1.29 is 18.3 Å². The molecule has 2 heterocycles. The quantitative estimate of drug-likeness (QED) is 0.480. The number of hydrogen-bond acceptors (Lipinski definition) is 5. The van der Waals surface area contributed by atoms with Gasteiger partial charge in [-0.15, -0.1) is 0 Å². The van der Waals surface area contributed by atoms with E-state index in [9.17, 15) is 18.3 Å². The Morgan fingerprint density at radius 3 is 2.53 bits per heavy atom. The van der Waals surface area contributed by atoms with Crippen LogP contribution in [0, 0.1) is 6.92 Å². The molecule has 0 aliphatic carbocycles. The molecular formula is C21H22ClN3O4S. The molecule has 0 fully saturated rings. The molecule has 0 aliphatic rings. The highest BCUT2D eigenvalue weighted by atomic mass is 35.5. The van der Waals surface area contributed by atoms with Crippen LogP contribution < -0.4 is 5.14 Å². The van der Waals surface area contributed by atoms with Crippen LogP contribution in [0.5, 0.6) is 0 Å². The van der Waals surface area contributed by atoms with Gasteiger partial charge in [-0.05, 0) is 61.4 Å². The number of nitrogens with one attached hydrogen (secondary N) is 1. The van der Waals surface area contributed by atoms with E-state index in [0.29, 0.717) is 27.5 Å². The van der Waals surface area contributed by atoms with E-state index in [-0.39, 0.29) is 17.8 Å². The standard InChI is InChI=1S/C21H22ClN3O4S/c1-13-10-17(25-19(13)20(27)14-5-7-16(22)8-6-14)11-18(26)21(2,30(23,28)29)15-4-3-9-24-12-15/h3-10,12,18,25-26H,11H2,1-2H3,(H2,23,28,29). The molecule has 2 unspecified atom stereocenters. The molecule has 2 aromatic heterocycles. The van der Waals surface area contributed by atoms with Crippen molar-refractivity contribution in [3.63, 3.8) is 0 Å². The highest BCUT2D eigenvalue weighted by Crippen LogP contribution is 2.33. The molecule has 0 bridgehead atoms. The zero-order chi connectivity index (χ0) is 22.1. The molecule has 30 heavy (non-hydrogen) atoms. The Morgan fingerprint density at radius 1 is 1.30 bits per heavy atom. The maximum absolute atomic E-state index is 12.8. The highest BCUT2D eigenvalue weighted by Gasteiger charge is 2.45. The van der Waals surface area contributed by atoms with Crippen molar-refractivity contribution in [2.45, 2.75) is 31.1 Å². The van der Waals surface area contributed by atoms with E-state index in [4.69, 9.17) is 16.7 Å². The monoisotopic (exact) mass is 447 g/mol. The Bertz CT molecular complexity index is 1160. The minimum absolute atomic E-state index is 0.0590. The van der Waals surface area contributed by atoms with Crippen LogP contribution in [0.4, 0.5) is 0 Å². The minimum Gasteiger partial charge on any atom is -0.391 e. The first-order valence-electron chi connectivity index (χ1n) is 9.13. The summed E-state index contributed by atoms with van der Waals surface area (Å²) < 4.78 is 23.0. The average molecular weight is 448 g/mol. The summed E-state index contributed by atoms with van der Waals surface area (Å²) in [5.41, 5.74) is 2.28. The summed E-state index contributed by atoms with van der Waals surface area (Å²) in [6.45, 7) is 3.12. The molecule has 0 aliphatic heterocycles. The Kier molecular flexibility index (Phi) is 6.14. The number of aryl methyl sites for hydroxylation is 1. The van der Waals surface area contributed by atoms with Crippen molar-refractivity contribution >= 4 is 27.4 Å². The number of hydrogen-bond donors (Lipinski definition) is 3. The second-order valence-corrected chi connectivity index (χ2v) is 9.68. The smallest absolute Gasteiger partial charge is 0.221 e. The van der Waals surface area contributed by atoms with Crippen LogP contribution in [0.15, 0.2) is 54.9 Å². The van der Waals surface area contributed by atoms with Gasteiger partial charge in [-0.2, -0.15) is 0 Å². The van der Waals surface area contributed by atoms with E-state index in [1.54, 1.807) is 49.4 Å². The number of pyridine rings is 1. The third kappa shape index (κ3) is 4.17. The Hall–Kier alpha value is -2.52. The number of aliphatic hydroxyl groups is 1. The fraction of sp³-hybridized carbons (Fsp3) is 0.238. The van der Waals surface area contributed by atoms with Crippen molar-refractivity contribution in [1.82, 2.24) is 9.97 Å². The van der Waals surface area contributed by atoms with Gasteiger partial charge >= 0.3 is 0 Å². The molecule has 4 N–H and O–H groups in total. The lowest BCUT2D eigenvalue weighted by Gasteiger charge is -2.32. The van der Waals surface area contributed by atoms with Crippen LogP contribution in [-0.4, -0.2) is 35.4 Å². The van der Waals surface area contributed by atoms with Gasteiger partial charge in [-0.25, -0.2) is 13.6 Å². The van der Waals surface area contributed by atoms with Crippen LogP contribution in [0.1, 0.15) is 39.8 Å². The summed E-state index contributed by atoms with van der Waals surface area (Å²) in [6.07, 6.45) is 1.43. The molecule has 0 radical (unpaired) electrons. The van der Waals surface area contributed by atoms with Crippen molar-refractivity contribution in [3.05, 3.63) is 88.0 Å². The fourth-order valence-corrected chi connectivity index (χ4v) is 4.36. The molecular weight excluding hydrogens is 426 g/mol. The van der Waals surface area contributed by atoms with Gasteiger partial charge < -0.3 is 10.1 Å². The first-order valence-corrected chi connectivity index (χ1v) is 11.1. The summed E-state index contributed by atoms with van der Waals surface area (Å²) in [4.78, 5) is 19.7.